The third kappa shape index (κ3) is 3.98. The number of hydrogen-bond acceptors (Lipinski definition) is 4. The zero-order valence-corrected chi connectivity index (χ0v) is 15.4. The Hall–Kier alpha value is -2.79. The summed E-state index contributed by atoms with van der Waals surface area (Å²) in [5.74, 6) is 1.93. The Morgan fingerprint density at radius 3 is 2.89 bits per heavy atom. The fourth-order valence-electron chi connectivity index (χ4n) is 3.19. The monoisotopic (exact) mass is 382 g/mol. The molecule has 1 aliphatic rings. The summed E-state index contributed by atoms with van der Waals surface area (Å²) in [6.45, 7) is 0.600. The van der Waals surface area contributed by atoms with Crippen molar-refractivity contribution in [2.45, 2.75) is 25.3 Å². The van der Waals surface area contributed by atoms with Gasteiger partial charge in [0, 0.05) is 30.4 Å². The molecule has 0 saturated heterocycles. The number of nitrogens with one attached hydrogen (secondary N) is 1. The fourth-order valence-corrected chi connectivity index (χ4v) is 3.42. The number of carbonyl (C=O) groups is 1. The van der Waals surface area contributed by atoms with Gasteiger partial charge < -0.3 is 14.5 Å². The molecule has 138 valence electrons. The smallest absolute Gasteiger partial charge is 0.220 e. The molecule has 1 aliphatic heterocycles. The summed E-state index contributed by atoms with van der Waals surface area (Å²) in [6, 6.07) is 15.2. The quantitative estimate of drug-likeness (QED) is 0.702. The van der Waals surface area contributed by atoms with Crippen LogP contribution in [0.25, 0.3) is 11.3 Å². The number of hydrogen-bond donors (Lipinski definition) is 1. The van der Waals surface area contributed by atoms with Gasteiger partial charge in [0.15, 0.2) is 11.7 Å². The Labute approximate surface area is 162 Å². The molecule has 1 amide bonds. The average molecular weight is 383 g/mol. The molecule has 3 aromatic rings. The molecule has 2 heterocycles. The molecule has 27 heavy (non-hydrogen) atoms. The first-order valence-electron chi connectivity index (χ1n) is 8.91. The molecular weight excluding hydrogens is 364 g/mol. The van der Waals surface area contributed by atoms with Gasteiger partial charge in [0.25, 0.3) is 0 Å². The van der Waals surface area contributed by atoms with Crippen LogP contribution in [0.1, 0.15) is 30.3 Å². The lowest BCUT2D eigenvalue weighted by molar-refractivity contribution is -0.122. The number of aromatic nitrogens is 1. The van der Waals surface area contributed by atoms with E-state index in [9.17, 15) is 4.79 Å². The summed E-state index contributed by atoms with van der Waals surface area (Å²) in [4.78, 5) is 16.6. The number of oxazole rings is 1. The second-order valence-electron chi connectivity index (χ2n) is 6.39. The van der Waals surface area contributed by atoms with Gasteiger partial charge in [-0.3, -0.25) is 4.79 Å². The van der Waals surface area contributed by atoms with Crippen LogP contribution in [-0.2, 0) is 11.2 Å². The van der Waals surface area contributed by atoms with Crippen molar-refractivity contribution in [1.82, 2.24) is 10.3 Å². The van der Waals surface area contributed by atoms with Crippen LogP contribution in [0.2, 0.25) is 5.02 Å². The van der Waals surface area contributed by atoms with Gasteiger partial charge in [-0.05, 0) is 18.2 Å². The van der Waals surface area contributed by atoms with Crippen molar-refractivity contribution in [1.29, 1.82) is 0 Å². The number of ether oxygens (including phenoxy) is 1. The number of para-hydroxylation sites is 1. The Morgan fingerprint density at radius 2 is 2.00 bits per heavy atom. The Balaban J connectivity index is 1.36. The van der Waals surface area contributed by atoms with E-state index in [-0.39, 0.29) is 11.9 Å². The van der Waals surface area contributed by atoms with Crippen molar-refractivity contribution >= 4 is 17.5 Å². The first kappa shape index (κ1) is 17.6. The maximum atomic E-state index is 12.4. The van der Waals surface area contributed by atoms with E-state index in [0.717, 1.165) is 23.3 Å². The van der Waals surface area contributed by atoms with Crippen molar-refractivity contribution < 1.29 is 13.9 Å². The highest BCUT2D eigenvalue weighted by Crippen LogP contribution is 2.31. The number of halogens is 1. The highest BCUT2D eigenvalue weighted by Gasteiger charge is 2.22. The molecule has 6 heteroatoms. The summed E-state index contributed by atoms with van der Waals surface area (Å²) in [5, 5.41) is 3.69. The van der Waals surface area contributed by atoms with Gasteiger partial charge in [0.2, 0.25) is 5.91 Å². The number of carbonyl (C=O) groups excluding carboxylic acids is 1. The van der Waals surface area contributed by atoms with E-state index in [2.05, 4.69) is 10.3 Å². The van der Waals surface area contributed by atoms with Crippen molar-refractivity contribution in [2.75, 3.05) is 6.61 Å². The van der Waals surface area contributed by atoms with Gasteiger partial charge in [-0.15, -0.1) is 0 Å². The second-order valence-corrected chi connectivity index (χ2v) is 6.80. The zero-order valence-electron chi connectivity index (χ0n) is 14.7. The van der Waals surface area contributed by atoms with Crippen molar-refractivity contribution in [3.8, 4) is 17.1 Å². The van der Waals surface area contributed by atoms with Crippen LogP contribution in [0, 0.1) is 0 Å². The maximum Gasteiger partial charge on any atom is 0.220 e. The Bertz CT molecular complexity index is 954. The van der Waals surface area contributed by atoms with E-state index < -0.39 is 0 Å². The van der Waals surface area contributed by atoms with E-state index >= 15 is 0 Å². The Morgan fingerprint density at radius 1 is 1.19 bits per heavy atom. The third-order valence-electron chi connectivity index (χ3n) is 4.55. The van der Waals surface area contributed by atoms with Crippen LogP contribution in [-0.4, -0.2) is 17.5 Å². The first-order valence-corrected chi connectivity index (χ1v) is 9.29. The average Bonchev–Trinajstić information content (AvgIpc) is 3.16. The molecule has 1 aromatic heterocycles. The predicted octanol–water partition coefficient (Wildman–Crippen LogP) is 4.57. The SMILES string of the molecule is O=C(CCc1ncc(-c2ccccc2Cl)o1)NC1CCOc2ccccc21. The van der Waals surface area contributed by atoms with Gasteiger partial charge in [-0.2, -0.15) is 0 Å². The van der Waals surface area contributed by atoms with Gasteiger partial charge >= 0.3 is 0 Å². The molecule has 0 aliphatic carbocycles. The molecule has 4 rings (SSSR count). The van der Waals surface area contributed by atoms with Crippen LogP contribution < -0.4 is 10.1 Å². The molecule has 5 nitrogen and oxygen atoms in total. The third-order valence-corrected chi connectivity index (χ3v) is 4.88. The molecule has 0 saturated carbocycles. The zero-order chi connectivity index (χ0) is 18.6. The van der Waals surface area contributed by atoms with Crippen LogP contribution in [0.4, 0.5) is 0 Å². The van der Waals surface area contributed by atoms with E-state index in [0.29, 0.717) is 36.1 Å². The lowest BCUT2D eigenvalue weighted by Gasteiger charge is -2.26. The number of fused-ring (bicyclic) bond motifs is 1. The molecule has 0 bridgehead atoms. The number of rotatable bonds is 5. The topological polar surface area (TPSA) is 64.4 Å². The standard InChI is InChI=1S/C21H19ClN2O3/c22-16-7-3-1-5-14(16)19-13-23-21(27-19)10-9-20(25)24-17-11-12-26-18-8-4-2-6-15(17)18/h1-8,13,17H,9-12H2,(H,24,25). The number of benzene rings is 2. The van der Waals surface area contributed by atoms with Crippen molar-refractivity contribution in [3.05, 3.63) is 71.2 Å². The predicted molar refractivity (Wildman–Crippen MR) is 103 cm³/mol. The number of aryl methyl sites for hydroxylation is 1. The van der Waals surface area contributed by atoms with Gasteiger partial charge in [0.05, 0.1) is 23.9 Å². The van der Waals surface area contributed by atoms with Crippen LogP contribution in [0.5, 0.6) is 5.75 Å². The molecule has 1 atom stereocenters. The molecule has 1 unspecified atom stereocenters. The summed E-state index contributed by atoms with van der Waals surface area (Å²) in [7, 11) is 0. The Kier molecular flexibility index (Phi) is 5.12. The van der Waals surface area contributed by atoms with Crippen molar-refractivity contribution in [3.63, 3.8) is 0 Å². The van der Waals surface area contributed by atoms with E-state index in [1.165, 1.54) is 0 Å². The fraction of sp³-hybridized carbons (Fsp3) is 0.238. The minimum atomic E-state index is -0.0332. The molecule has 0 radical (unpaired) electrons. The van der Waals surface area contributed by atoms with E-state index in [1.807, 2.05) is 42.5 Å². The van der Waals surface area contributed by atoms with Crippen molar-refractivity contribution in [2.24, 2.45) is 0 Å². The van der Waals surface area contributed by atoms with Crippen LogP contribution in [0.3, 0.4) is 0 Å². The van der Waals surface area contributed by atoms with Gasteiger partial charge in [0.1, 0.15) is 5.75 Å². The molecule has 2 aromatic carbocycles. The summed E-state index contributed by atoms with van der Waals surface area (Å²) < 4.78 is 11.4. The molecule has 0 fully saturated rings. The molecular formula is C21H19ClN2O3. The lowest BCUT2D eigenvalue weighted by atomic mass is 10.0. The van der Waals surface area contributed by atoms with Crippen LogP contribution in [0.15, 0.2) is 59.1 Å². The molecule has 0 spiro atoms. The maximum absolute atomic E-state index is 12.4. The minimum Gasteiger partial charge on any atom is -0.493 e. The first-order chi connectivity index (χ1) is 13.2. The van der Waals surface area contributed by atoms with Crippen LogP contribution >= 0.6 is 11.6 Å². The van der Waals surface area contributed by atoms with Gasteiger partial charge in [-0.1, -0.05) is 41.9 Å². The highest BCUT2D eigenvalue weighted by atomic mass is 35.5. The number of amides is 1. The lowest BCUT2D eigenvalue weighted by Crippen LogP contribution is -2.32. The number of nitrogens with zero attached hydrogens (tertiary/aromatic N) is 1. The second kappa shape index (κ2) is 7.84. The minimum absolute atomic E-state index is 0.0225. The molecule has 1 N–H and O–H groups in total. The van der Waals surface area contributed by atoms with Gasteiger partial charge in [-0.25, -0.2) is 4.98 Å². The summed E-state index contributed by atoms with van der Waals surface area (Å²) in [6.07, 6.45) is 3.14. The van der Waals surface area contributed by atoms with E-state index in [1.54, 1.807) is 12.3 Å². The highest BCUT2D eigenvalue weighted by molar-refractivity contribution is 6.33. The summed E-state index contributed by atoms with van der Waals surface area (Å²) >= 11 is 6.18. The normalized spacial score (nSPS) is 15.7. The van der Waals surface area contributed by atoms with E-state index in [4.69, 9.17) is 20.8 Å². The summed E-state index contributed by atoms with van der Waals surface area (Å²) in [5.41, 5.74) is 1.82. The largest absolute Gasteiger partial charge is 0.493 e.